The number of halogens is 2. The summed E-state index contributed by atoms with van der Waals surface area (Å²) < 4.78 is 26.8. The van der Waals surface area contributed by atoms with E-state index in [4.69, 9.17) is 5.84 Å². The van der Waals surface area contributed by atoms with Crippen LogP contribution in [-0.2, 0) is 6.42 Å². The maximum absolute atomic E-state index is 13.6. The Bertz CT molecular complexity index is 572. The van der Waals surface area contributed by atoms with Crippen LogP contribution in [0.3, 0.4) is 0 Å². The number of hydrogen-bond donors (Lipinski definition) is 2. The van der Waals surface area contributed by atoms with Crippen LogP contribution in [0.5, 0.6) is 0 Å². The van der Waals surface area contributed by atoms with Crippen LogP contribution in [0.25, 0.3) is 0 Å². The molecule has 3 nitrogen and oxygen atoms in total. The van der Waals surface area contributed by atoms with Crippen molar-refractivity contribution in [3.05, 3.63) is 65.0 Å². The van der Waals surface area contributed by atoms with Crippen LogP contribution < -0.4 is 11.3 Å². The third-order valence-corrected chi connectivity index (χ3v) is 3.07. The number of nitrogens with one attached hydrogen (secondary N) is 1. The van der Waals surface area contributed by atoms with Crippen LogP contribution in [0.15, 0.2) is 36.7 Å². The number of hydrazine groups is 1. The highest BCUT2D eigenvalue weighted by molar-refractivity contribution is 5.28. The summed E-state index contributed by atoms with van der Waals surface area (Å²) in [5, 5.41) is 0. The van der Waals surface area contributed by atoms with E-state index < -0.39 is 11.6 Å². The SMILES string of the molecule is Cc1cnccc1C(Cc1cc(F)ccc1F)NN. The lowest BCUT2D eigenvalue weighted by molar-refractivity contribution is 0.521. The van der Waals surface area contributed by atoms with Crippen molar-refractivity contribution < 1.29 is 8.78 Å². The van der Waals surface area contributed by atoms with Gasteiger partial charge in [0.25, 0.3) is 0 Å². The minimum Gasteiger partial charge on any atom is -0.271 e. The van der Waals surface area contributed by atoms with Gasteiger partial charge in [-0.3, -0.25) is 16.3 Å². The number of nitrogens with zero attached hydrogens (tertiary/aromatic N) is 1. The number of aromatic nitrogens is 1. The van der Waals surface area contributed by atoms with Gasteiger partial charge >= 0.3 is 0 Å². The maximum atomic E-state index is 13.6. The van der Waals surface area contributed by atoms with E-state index in [9.17, 15) is 8.78 Å². The van der Waals surface area contributed by atoms with E-state index in [0.717, 1.165) is 23.3 Å². The summed E-state index contributed by atoms with van der Waals surface area (Å²) in [7, 11) is 0. The molecule has 3 N–H and O–H groups in total. The molecule has 100 valence electrons. The number of hydrogen-bond acceptors (Lipinski definition) is 3. The van der Waals surface area contributed by atoms with Crippen molar-refractivity contribution in [2.45, 2.75) is 19.4 Å². The van der Waals surface area contributed by atoms with Crippen molar-refractivity contribution in [1.29, 1.82) is 0 Å². The highest BCUT2D eigenvalue weighted by Gasteiger charge is 2.15. The van der Waals surface area contributed by atoms with Gasteiger partial charge in [0.15, 0.2) is 0 Å². The average molecular weight is 263 g/mol. The Hall–Kier alpha value is -1.85. The lowest BCUT2D eigenvalue weighted by Crippen LogP contribution is -2.30. The molecule has 0 fully saturated rings. The predicted molar refractivity (Wildman–Crippen MR) is 69.1 cm³/mol. The molecular formula is C14H15F2N3. The summed E-state index contributed by atoms with van der Waals surface area (Å²) >= 11 is 0. The monoisotopic (exact) mass is 263 g/mol. The van der Waals surface area contributed by atoms with Crippen LogP contribution in [0, 0.1) is 18.6 Å². The quantitative estimate of drug-likeness (QED) is 0.658. The van der Waals surface area contributed by atoms with Gasteiger partial charge in [-0.15, -0.1) is 0 Å². The van der Waals surface area contributed by atoms with Crippen molar-refractivity contribution in [3.63, 3.8) is 0 Å². The average Bonchev–Trinajstić information content (AvgIpc) is 2.41. The molecule has 0 radical (unpaired) electrons. The Balaban J connectivity index is 2.29. The van der Waals surface area contributed by atoms with Crippen molar-refractivity contribution in [1.82, 2.24) is 10.4 Å². The molecule has 0 aliphatic rings. The fraction of sp³-hybridized carbons (Fsp3) is 0.214. The van der Waals surface area contributed by atoms with Crippen LogP contribution in [0.1, 0.15) is 22.7 Å². The van der Waals surface area contributed by atoms with E-state index in [1.165, 1.54) is 6.07 Å². The number of rotatable bonds is 4. The Morgan fingerprint density at radius 3 is 2.79 bits per heavy atom. The molecule has 0 saturated heterocycles. The summed E-state index contributed by atoms with van der Waals surface area (Å²) in [5.74, 6) is 4.63. The summed E-state index contributed by atoms with van der Waals surface area (Å²) in [4.78, 5) is 4.00. The number of nitrogens with two attached hydrogens (primary N) is 1. The number of pyridine rings is 1. The standard InChI is InChI=1S/C14H15F2N3/c1-9-8-18-5-4-12(9)14(19-17)7-10-6-11(15)2-3-13(10)16/h2-6,8,14,19H,7,17H2,1H3. The Labute approximate surface area is 110 Å². The molecule has 19 heavy (non-hydrogen) atoms. The first-order valence-corrected chi connectivity index (χ1v) is 5.92. The first-order valence-electron chi connectivity index (χ1n) is 5.92. The zero-order valence-electron chi connectivity index (χ0n) is 10.5. The Morgan fingerprint density at radius 1 is 1.32 bits per heavy atom. The summed E-state index contributed by atoms with van der Waals surface area (Å²) in [6, 6.07) is 4.94. The predicted octanol–water partition coefficient (Wildman–Crippen LogP) is 2.42. The third kappa shape index (κ3) is 3.13. The second kappa shape index (κ2) is 5.86. The van der Waals surface area contributed by atoms with Gasteiger partial charge in [-0.1, -0.05) is 0 Å². The first-order chi connectivity index (χ1) is 9.11. The first kappa shape index (κ1) is 13.6. The molecule has 0 aliphatic carbocycles. The van der Waals surface area contributed by atoms with Gasteiger partial charge in [-0.2, -0.15) is 0 Å². The number of benzene rings is 1. The van der Waals surface area contributed by atoms with E-state index in [0.29, 0.717) is 5.56 Å². The fourth-order valence-corrected chi connectivity index (χ4v) is 2.05. The van der Waals surface area contributed by atoms with Crippen LogP contribution >= 0.6 is 0 Å². The van der Waals surface area contributed by atoms with Crippen molar-refractivity contribution in [3.8, 4) is 0 Å². The van der Waals surface area contributed by atoms with Gasteiger partial charge in [0.1, 0.15) is 11.6 Å². The molecule has 1 atom stereocenters. The second-order valence-electron chi connectivity index (χ2n) is 4.39. The normalized spacial score (nSPS) is 12.4. The summed E-state index contributed by atoms with van der Waals surface area (Å²) in [6.45, 7) is 1.90. The number of aryl methyl sites for hydroxylation is 1. The van der Waals surface area contributed by atoms with Crippen LogP contribution in [-0.4, -0.2) is 4.98 Å². The van der Waals surface area contributed by atoms with Crippen molar-refractivity contribution in [2.24, 2.45) is 5.84 Å². The molecule has 1 aromatic heterocycles. The van der Waals surface area contributed by atoms with E-state index in [1.807, 2.05) is 13.0 Å². The highest BCUT2D eigenvalue weighted by atomic mass is 19.1. The molecule has 0 aliphatic heterocycles. The Kier molecular flexibility index (Phi) is 4.19. The second-order valence-corrected chi connectivity index (χ2v) is 4.39. The minimum atomic E-state index is -0.460. The van der Waals surface area contributed by atoms with Crippen LogP contribution in [0.4, 0.5) is 8.78 Å². The van der Waals surface area contributed by atoms with Crippen molar-refractivity contribution in [2.75, 3.05) is 0 Å². The third-order valence-electron chi connectivity index (χ3n) is 3.07. The molecule has 1 unspecified atom stereocenters. The Morgan fingerprint density at radius 2 is 2.11 bits per heavy atom. The van der Waals surface area contributed by atoms with Gasteiger partial charge in [0.2, 0.25) is 0 Å². The zero-order chi connectivity index (χ0) is 13.8. The van der Waals surface area contributed by atoms with Crippen molar-refractivity contribution >= 4 is 0 Å². The smallest absolute Gasteiger partial charge is 0.126 e. The van der Waals surface area contributed by atoms with E-state index in [1.54, 1.807) is 12.4 Å². The molecule has 0 bridgehead atoms. The van der Waals surface area contributed by atoms with Crippen LogP contribution in [0.2, 0.25) is 0 Å². The fourth-order valence-electron chi connectivity index (χ4n) is 2.05. The molecule has 1 aromatic carbocycles. The summed E-state index contributed by atoms with van der Waals surface area (Å²) in [6.07, 6.45) is 3.63. The highest BCUT2D eigenvalue weighted by Crippen LogP contribution is 2.22. The van der Waals surface area contributed by atoms with E-state index in [2.05, 4.69) is 10.4 Å². The largest absolute Gasteiger partial charge is 0.271 e. The van der Waals surface area contributed by atoms with Gasteiger partial charge in [0.05, 0.1) is 6.04 Å². The lowest BCUT2D eigenvalue weighted by Gasteiger charge is -2.18. The molecule has 1 heterocycles. The van der Waals surface area contributed by atoms with Gasteiger partial charge < -0.3 is 0 Å². The molecule has 0 saturated carbocycles. The van der Waals surface area contributed by atoms with Gasteiger partial charge in [-0.05, 0) is 54.3 Å². The minimum absolute atomic E-state index is 0.269. The maximum Gasteiger partial charge on any atom is 0.126 e. The molecule has 5 heteroatoms. The topological polar surface area (TPSA) is 50.9 Å². The molecule has 0 spiro atoms. The molecule has 2 rings (SSSR count). The zero-order valence-corrected chi connectivity index (χ0v) is 10.5. The van der Waals surface area contributed by atoms with E-state index in [-0.39, 0.29) is 12.5 Å². The molecule has 0 amide bonds. The summed E-state index contributed by atoms with van der Waals surface area (Å²) in [5.41, 5.74) is 4.79. The van der Waals surface area contributed by atoms with E-state index >= 15 is 0 Å². The van der Waals surface area contributed by atoms with Gasteiger partial charge in [0, 0.05) is 12.4 Å². The lowest BCUT2D eigenvalue weighted by atomic mass is 9.97. The van der Waals surface area contributed by atoms with Gasteiger partial charge in [-0.25, -0.2) is 8.78 Å². The molecular weight excluding hydrogens is 248 g/mol. The molecule has 2 aromatic rings.